The van der Waals surface area contributed by atoms with Crippen LogP contribution in [0, 0.1) is 0 Å². The van der Waals surface area contributed by atoms with Crippen molar-refractivity contribution in [3.63, 3.8) is 0 Å². The Balaban J connectivity index is 1.59. The highest BCUT2D eigenvalue weighted by atomic mass is 16.6. The third kappa shape index (κ3) is 4.04. The van der Waals surface area contributed by atoms with E-state index in [-0.39, 0.29) is 11.9 Å². The second-order valence-corrected chi connectivity index (χ2v) is 4.90. The number of ketones is 1. The van der Waals surface area contributed by atoms with Crippen LogP contribution in [0.5, 0.6) is 5.75 Å². The van der Waals surface area contributed by atoms with Crippen LogP contribution in [0.2, 0.25) is 0 Å². The van der Waals surface area contributed by atoms with Crippen molar-refractivity contribution >= 4 is 11.9 Å². The molecule has 0 aromatic heterocycles. The van der Waals surface area contributed by atoms with Gasteiger partial charge in [0.15, 0.2) is 5.78 Å². The molecule has 0 saturated carbocycles. The molecule has 0 radical (unpaired) electrons. The van der Waals surface area contributed by atoms with Crippen LogP contribution in [-0.2, 0) is 4.74 Å². The predicted octanol–water partition coefficient (Wildman–Crippen LogP) is 3.36. The maximum absolute atomic E-state index is 11.9. The molecule has 1 aliphatic heterocycles. The highest BCUT2D eigenvalue weighted by Gasteiger charge is 2.22. The molecule has 0 amide bonds. The van der Waals surface area contributed by atoms with Crippen LogP contribution in [0.4, 0.5) is 0 Å². The van der Waals surface area contributed by atoms with E-state index >= 15 is 0 Å². The number of epoxide rings is 1. The fourth-order valence-electron chi connectivity index (χ4n) is 1.90. The first-order valence-corrected chi connectivity index (χ1v) is 6.93. The van der Waals surface area contributed by atoms with Crippen molar-refractivity contribution in [1.82, 2.24) is 0 Å². The number of carbonyl (C=O) groups excluding carboxylic acids is 1. The van der Waals surface area contributed by atoms with Gasteiger partial charge in [-0.3, -0.25) is 4.79 Å². The van der Waals surface area contributed by atoms with Crippen LogP contribution in [-0.4, -0.2) is 25.1 Å². The van der Waals surface area contributed by atoms with Crippen molar-refractivity contribution in [2.45, 2.75) is 6.10 Å². The van der Waals surface area contributed by atoms with Gasteiger partial charge in [0.05, 0.1) is 6.61 Å². The van der Waals surface area contributed by atoms with E-state index < -0.39 is 0 Å². The smallest absolute Gasteiger partial charge is 0.185 e. The topological polar surface area (TPSA) is 38.8 Å². The average molecular weight is 280 g/mol. The van der Waals surface area contributed by atoms with Crippen molar-refractivity contribution in [1.29, 1.82) is 0 Å². The summed E-state index contributed by atoms with van der Waals surface area (Å²) in [5.41, 5.74) is 1.66. The summed E-state index contributed by atoms with van der Waals surface area (Å²) in [5, 5.41) is 0. The molecule has 21 heavy (non-hydrogen) atoms. The predicted molar refractivity (Wildman–Crippen MR) is 81.5 cm³/mol. The van der Waals surface area contributed by atoms with Crippen LogP contribution in [0.3, 0.4) is 0 Å². The summed E-state index contributed by atoms with van der Waals surface area (Å²) >= 11 is 0. The van der Waals surface area contributed by atoms with Gasteiger partial charge in [-0.1, -0.05) is 48.5 Å². The molecule has 3 heteroatoms. The number of carbonyl (C=O) groups is 1. The number of benzene rings is 2. The highest BCUT2D eigenvalue weighted by Crippen LogP contribution is 2.16. The zero-order valence-electron chi connectivity index (χ0n) is 11.6. The Labute approximate surface area is 123 Å². The van der Waals surface area contributed by atoms with E-state index in [0.717, 1.165) is 17.9 Å². The Kier molecular flexibility index (Phi) is 4.12. The first-order chi connectivity index (χ1) is 10.3. The lowest BCUT2D eigenvalue weighted by Crippen LogP contribution is -2.03. The van der Waals surface area contributed by atoms with Gasteiger partial charge < -0.3 is 9.47 Å². The molecule has 0 bridgehead atoms. The lowest BCUT2D eigenvalue weighted by molar-refractivity contribution is 0.104. The van der Waals surface area contributed by atoms with Crippen molar-refractivity contribution in [3.8, 4) is 5.75 Å². The van der Waals surface area contributed by atoms with Gasteiger partial charge in [-0.05, 0) is 23.8 Å². The van der Waals surface area contributed by atoms with Gasteiger partial charge in [0.25, 0.3) is 0 Å². The summed E-state index contributed by atoms with van der Waals surface area (Å²) in [6.07, 6.45) is 3.65. The monoisotopic (exact) mass is 280 g/mol. The van der Waals surface area contributed by atoms with Crippen molar-refractivity contribution in [2.75, 3.05) is 13.2 Å². The molecule has 2 aromatic carbocycles. The summed E-state index contributed by atoms with van der Waals surface area (Å²) in [6.45, 7) is 1.39. The summed E-state index contributed by atoms with van der Waals surface area (Å²) < 4.78 is 10.7. The van der Waals surface area contributed by atoms with E-state index in [4.69, 9.17) is 9.47 Å². The highest BCUT2D eigenvalue weighted by molar-refractivity contribution is 6.06. The molecular formula is C18H16O3. The minimum absolute atomic E-state index is 0.00167. The number of hydrogen-bond donors (Lipinski definition) is 0. The van der Waals surface area contributed by atoms with E-state index in [1.165, 1.54) is 0 Å². The van der Waals surface area contributed by atoms with Gasteiger partial charge in [-0.25, -0.2) is 0 Å². The zero-order chi connectivity index (χ0) is 14.5. The largest absolute Gasteiger partial charge is 0.491 e. The molecule has 0 N–H and O–H groups in total. The maximum atomic E-state index is 11.9. The molecule has 1 atom stereocenters. The third-order valence-electron chi connectivity index (χ3n) is 3.20. The fourth-order valence-corrected chi connectivity index (χ4v) is 1.90. The van der Waals surface area contributed by atoms with E-state index in [1.54, 1.807) is 6.08 Å². The minimum Gasteiger partial charge on any atom is -0.491 e. The zero-order valence-corrected chi connectivity index (χ0v) is 11.6. The molecule has 106 valence electrons. The van der Waals surface area contributed by atoms with Crippen LogP contribution in [0.25, 0.3) is 6.08 Å². The lowest BCUT2D eigenvalue weighted by Gasteiger charge is -2.03. The molecule has 2 aromatic rings. The maximum Gasteiger partial charge on any atom is 0.185 e. The lowest BCUT2D eigenvalue weighted by atomic mass is 10.1. The summed E-state index contributed by atoms with van der Waals surface area (Å²) in [4.78, 5) is 11.9. The first kappa shape index (κ1) is 13.6. The van der Waals surface area contributed by atoms with Crippen molar-refractivity contribution < 1.29 is 14.3 Å². The van der Waals surface area contributed by atoms with E-state index in [1.807, 2.05) is 60.7 Å². The standard InChI is InChI=1S/C18H16O3/c19-18(15-4-2-1-3-5-15)11-8-14-6-9-16(10-7-14)20-12-17-13-21-17/h1-11,17H,12-13H2/b11-8+/t17-/m1/s1. The van der Waals surface area contributed by atoms with E-state index in [9.17, 15) is 4.79 Å². The van der Waals surface area contributed by atoms with Crippen molar-refractivity contribution in [2.24, 2.45) is 0 Å². The molecule has 1 saturated heterocycles. The number of allylic oxidation sites excluding steroid dienone is 1. The Morgan fingerprint density at radius 3 is 2.52 bits per heavy atom. The molecule has 1 aliphatic rings. The number of rotatable bonds is 6. The first-order valence-electron chi connectivity index (χ1n) is 6.93. The average Bonchev–Trinajstić information content (AvgIpc) is 3.37. The summed E-state index contributed by atoms with van der Waals surface area (Å²) in [5.74, 6) is 0.818. The Hall–Kier alpha value is -2.39. The normalized spacial score (nSPS) is 16.9. The minimum atomic E-state index is 0.00167. The van der Waals surface area contributed by atoms with Gasteiger partial charge in [-0.15, -0.1) is 0 Å². The molecule has 0 aliphatic carbocycles. The molecule has 1 heterocycles. The van der Waals surface area contributed by atoms with Crippen molar-refractivity contribution in [3.05, 3.63) is 71.8 Å². The Bertz CT molecular complexity index is 625. The number of hydrogen-bond acceptors (Lipinski definition) is 3. The second kappa shape index (κ2) is 6.37. The molecule has 3 rings (SSSR count). The van der Waals surface area contributed by atoms with Crippen LogP contribution >= 0.6 is 0 Å². The molecule has 0 unspecified atom stereocenters. The summed E-state index contributed by atoms with van der Waals surface area (Å²) in [6, 6.07) is 16.9. The molecular weight excluding hydrogens is 264 g/mol. The van der Waals surface area contributed by atoms with Crippen LogP contribution in [0.15, 0.2) is 60.7 Å². The molecule has 0 spiro atoms. The quantitative estimate of drug-likeness (QED) is 0.462. The van der Waals surface area contributed by atoms with Gasteiger partial charge in [-0.2, -0.15) is 0 Å². The van der Waals surface area contributed by atoms with Crippen LogP contribution < -0.4 is 4.74 Å². The van der Waals surface area contributed by atoms with Gasteiger partial charge in [0.2, 0.25) is 0 Å². The second-order valence-electron chi connectivity index (χ2n) is 4.90. The number of ether oxygens (including phenoxy) is 2. The Morgan fingerprint density at radius 2 is 1.86 bits per heavy atom. The third-order valence-corrected chi connectivity index (χ3v) is 3.20. The van der Waals surface area contributed by atoms with Gasteiger partial charge in [0.1, 0.15) is 18.5 Å². The fraction of sp³-hybridized carbons (Fsp3) is 0.167. The SMILES string of the molecule is O=C(/C=C/c1ccc(OC[C@@H]2CO2)cc1)c1ccccc1. The van der Waals surface area contributed by atoms with Crippen LogP contribution in [0.1, 0.15) is 15.9 Å². The van der Waals surface area contributed by atoms with E-state index in [2.05, 4.69) is 0 Å². The summed E-state index contributed by atoms with van der Waals surface area (Å²) in [7, 11) is 0. The molecule has 1 fully saturated rings. The Morgan fingerprint density at radius 1 is 1.14 bits per heavy atom. The van der Waals surface area contributed by atoms with Gasteiger partial charge >= 0.3 is 0 Å². The van der Waals surface area contributed by atoms with Gasteiger partial charge in [0, 0.05) is 5.56 Å². The molecule has 3 nitrogen and oxygen atoms in total. The van der Waals surface area contributed by atoms with E-state index in [0.29, 0.717) is 12.2 Å².